The van der Waals surface area contributed by atoms with Gasteiger partial charge in [0, 0.05) is 11.0 Å². The molecule has 4 heteroatoms. The summed E-state index contributed by atoms with van der Waals surface area (Å²) in [5.41, 5.74) is 0.357. The Labute approximate surface area is 108 Å². The fourth-order valence-corrected chi connectivity index (χ4v) is 1.97. The van der Waals surface area contributed by atoms with Crippen molar-refractivity contribution >= 4 is 29.7 Å². The van der Waals surface area contributed by atoms with E-state index in [4.69, 9.17) is 4.74 Å². The monoisotopic (exact) mass is 258 g/mol. The average Bonchev–Trinajstić information content (AvgIpc) is 2.90. The van der Waals surface area contributed by atoms with E-state index < -0.39 is 5.97 Å². The predicted molar refractivity (Wildman–Crippen MR) is 70.8 cm³/mol. The minimum absolute atomic E-state index is 0.272. The first-order valence-corrected chi connectivity index (χ1v) is 6.15. The number of esters is 1. The Morgan fingerprint density at radius 2 is 2.00 bits per heavy atom. The van der Waals surface area contributed by atoms with Crippen molar-refractivity contribution in [3.63, 3.8) is 0 Å². The summed E-state index contributed by atoms with van der Waals surface area (Å²) in [4.78, 5) is 23.3. The lowest BCUT2D eigenvalue weighted by molar-refractivity contribution is -0.128. The van der Waals surface area contributed by atoms with Gasteiger partial charge in [-0.15, -0.1) is 11.3 Å². The van der Waals surface area contributed by atoms with Gasteiger partial charge in [0.25, 0.3) is 0 Å². The summed E-state index contributed by atoms with van der Waals surface area (Å²) in [6.45, 7) is 0. The second kappa shape index (κ2) is 5.93. The van der Waals surface area contributed by atoms with E-state index in [-0.39, 0.29) is 5.75 Å². The summed E-state index contributed by atoms with van der Waals surface area (Å²) in [7, 11) is 0. The van der Waals surface area contributed by atoms with Gasteiger partial charge in [-0.25, -0.2) is 4.79 Å². The first kappa shape index (κ1) is 12.3. The van der Waals surface area contributed by atoms with Crippen LogP contribution in [0.4, 0.5) is 0 Å². The molecule has 18 heavy (non-hydrogen) atoms. The van der Waals surface area contributed by atoms with E-state index in [1.807, 2.05) is 17.5 Å². The third-order valence-electron chi connectivity index (χ3n) is 2.18. The molecule has 0 aliphatic heterocycles. The molecular weight excluding hydrogens is 248 g/mol. The van der Waals surface area contributed by atoms with Crippen LogP contribution in [0.5, 0.6) is 5.75 Å². The maximum Gasteiger partial charge on any atom is 0.336 e. The number of ether oxygens (including phenoxy) is 1. The van der Waals surface area contributed by atoms with Gasteiger partial charge in [-0.2, -0.15) is 0 Å². The fourth-order valence-electron chi connectivity index (χ4n) is 1.35. The fraction of sp³-hybridized carbons (Fsp3) is 0. The number of benzene rings is 1. The summed E-state index contributed by atoms with van der Waals surface area (Å²) in [5.74, 6) is -0.231. The van der Waals surface area contributed by atoms with Crippen LogP contribution in [0.3, 0.4) is 0 Å². The van der Waals surface area contributed by atoms with E-state index >= 15 is 0 Å². The van der Waals surface area contributed by atoms with Gasteiger partial charge < -0.3 is 4.74 Å². The van der Waals surface area contributed by atoms with Gasteiger partial charge in [0.2, 0.25) is 0 Å². The zero-order chi connectivity index (χ0) is 12.8. The molecule has 1 aromatic carbocycles. The molecular formula is C14H10O3S. The molecule has 1 aromatic heterocycles. The van der Waals surface area contributed by atoms with Crippen LogP contribution in [0.15, 0.2) is 47.9 Å². The normalized spacial score (nSPS) is 10.4. The first-order chi connectivity index (χ1) is 8.79. The largest absolute Gasteiger partial charge is 0.423 e. The van der Waals surface area contributed by atoms with E-state index in [1.54, 1.807) is 30.3 Å². The SMILES string of the molecule is O=Cc1ccccc1OC(=O)C=Cc1cccs1. The van der Waals surface area contributed by atoms with Crippen molar-refractivity contribution in [3.05, 3.63) is 58.3 Å². The van der Waals surface area contributed by atoms with Crippen LogP contribution < -0.4 is 4.74 Å². The van der Waals surface area contributed by atoms with Crippen molar-refractivity contribution in [2.24, 2.45) is 0 Å². The summed E-state index contributed by atoms with van der Waals surface area (Å²) in [6.07, 6.45) is 3.68. The highest BCUT2D eigenvalue weighted by molar-refractivity contribution is 7.10. The van der Waals surface area contributed by atoms with Crippen molar-refractivity contribution in [1.82, 2.24) is 0 Å². The number of hydrogen-bond acceptors (Lipinski definition) is 4. The highest BCUT2D eigenvalue weighted by atomic mass is 32.1. The van der Waals surface area contributed by atoms with E-state index in [1.165, 1.54) is 17.4 Å². The Balaban J connectivity index is 2.05. The third kappa shape index (κ3) is 3.15. The van der Waals surface area contributed by atoms with Gasteiger partial charge in [0.1, 0.15) is 5.75 Å². The minimum Gasteiger partial charge on any atom is -0.423 e. The van der Waals surface area contributed by atoms with Crippen LogP contribution in [-0.2, 0) is 4.79 Å². The standard InChI is InChI=1S/C14H10O3S/c15-10-11-4-1-2-6-13(11)17-14(16)8-7-12-5-3-9-18-12/h1-10H. The molecule has 2 aromatic rings. The summed E-state index contributed by atoms with van der Waals surface area (Å²) in [6, 6.07) is 10.4. The molecule has 0 amide bonds. The smallest absolute Gasteiger partial charge is 0.336 e. The maximum absolute atomic E-state index is 11.6. The van der Waals surface area contributed by atoms with Crippen molar-refractivity contribution in [1.29, 1.82) is 0 Å². The highest BCUT2D eigenvalue weighted by Gasteiger charge is 2.05. The zero-order valence-corrected chi connectivity index (χ0v) is 10.2. The highest BCUT2D eigenvalue weighted by Crippen LogP contribution is 2.16. The molecule has 0 fully saturated rings. The number of carbonyl (C=O) groups is 2. The quantitative estimate of drug-likeness (QED) is 0.366. The van der Waals surface area contributed by atoms with E-state index in [0.717, 1.165) is 4.88 Å². The average molecular weight is 258 g/mol. The lowest BCUT2D eigenvalue weighted by atomic mass is 10.2. The second-order valence-corrected chi connectivity index (χ2v) is 4.40. The van der Waals surface area contributed by atoms with Gasteiger partial charge in [0.05, 0.1) is 5.56 Å². The predicted octanol–water partition coefficient (Wildman–Crippen LogP) is 3.18. The van der Waals surface area contributed by atoms with Crippen LogP contribution in [-0.4, -0.2) is 12.3 Å². The Kier molecular flexibility index (Phi) is 4.04. The Hall–Kier alpha value is -2.20. The molecule has 0 atom stereocenters. The Bertz CT molecular complexity index is 570. The van der Waals surface area contributed by atoms with Crippen molar-refractivity contribution in [3.8, 4) is 5.75 Å². The molecule has 1 heterocycles. The molecule has 0 bridgehead atoms. The zero-order valence-electron chi connectivity index (χ0n) is 9.41. The number of aldehydes is 1. The first-order valence-electron chi connectivity index (χ1n) is 5.27. The minimum atomic E-state index is -0.502. The topological polar surface area (TPSA) is 43.4 Å². The number of hydrogen-bond donors (Lipinski definition) is 0. The van der Waals surface area contributed by atoms with E-state index in [2.05, 4.69) is 0 Å². The summed E-state index contributed by atoms with van der Waals surface area (Å²) >= 11 is 1.53. The van der Waals surface area contributed by atoms with E-state index in [0.29, 0.717) is 11.8 Å². The van der Waals surface area contributed by atoms with Crippen LogP contribution in [0, 0.1) is 0 Å². The van der Waals surface area contributed by atoms with Gasteiger partial charge in [-0.3, -0.25) is 4.79 Å². The van der Waals surface area contributed by atoms with Crippen molar-refractivity contribution in [2.45, 2.75) is 0 Å². The Morgan fingerprint density at radius 1 is 1.17 bits per heavy atom. The molecule has 0 saturated carbocycles. The van der Waals surface area contributed by atoms with Crippen LogP contribution >= 0.6 is 11.3 Å². The molecule has 0 N–H and O–H groups in total. The molecule has 3 nitrogen and oxygen atoms in total. The molecule has 0 aliphatic rings. The molecule has 0 spiro atoms. The molecule has 0 aliphatic carbocycles. The number of carbonyl (C=O) groups excluding carboxylic acids is 2. The number of rotatable bonds is 4. The molecule has 0 unspecified atom stereocenters. The lowest BCUT2D eigenvalue weighted by Gasteiger charge is -2.02. The van der Waals surface area contributed by atoms with Crippen molar-refractivity contribution < 1.29 is 14.3 Å². The van der Waals surface area contributed by atoms with Gasteiger partial charge in [-0.1, -0.05) is 18.2 Å². The van der Waals surface area contributed by atoms with Gasteiger partial charge >= 0.3 is 5.97 Å². The molecule has 0 radical (unpaired) electrons. The van der Waals surface area contributed by atoms with Gasteiger partial charge in [-0.05, 0) is 29.7 Å². The van der Waals surface area contributed by atoms with Gasteiger partial charge in [0.15, 0.2) is 6.29 Å². The summed E-state index contributed by atoms with van der Waals surface area (Å²) < 4.78 is 5.08. The van der Waals surface area contributed by atoms with E-state index in [9.17, 15) is 9.59 Å². The molecule has 0 saturated heterocycles. The molecule has 90 valence electrons. The summed E-state index contributed by atoms with van der Waals surface area (Å²) in [5, 5.41) is 1.92. The lowest BCUT2D eigenvalue weighted by Crippen LogP contribution is -2.05. The Morgan fingerprint density at radius 3 is 2.72 bits per heavy atom. The second-order valence-electron chi connectivity index (χ2n) is 3.43. The maximum atomic E-state index is 11.6. The third-order valence-corrected chi connectivity index (χ3v) is 3.02. The van der Waals surface area contributed by atoms with Crippen LogP contribution in [0.2, 0.25) is 0 Å². The van der Waals surface area contributed by atoms with Crippen LogP contribution in [0.25, 0.3) is 6.08 Å². The number of para-hydroxylation sites is 1. The van der Waals surface area contributed by atoms with Crippen molar-refractivity contribution in [2.75, 3.05) is 0 Å². The van der Waals surface area contributed by atoms with Crippen LogP contribution in [0.1, 0.15) is 15.2 Å². The molecule has 2 rings (SSSR count). The number of thiophene rings is 1.